The monoisotopic (exact) mass is 382 g/mol. The lowest BCUT2D eigenvalue weighted by molar-refractivity contribution is -0.122. The number of carbonyl (C=O) groups excluding carboxylic acids is 2. The normalized spacial score (nSPS) is 24.0. The van der Waals surface area contributed by atoms with Crippen LogP contribution in [0.4, 0.5) is 0 Å². The van der Waals surface area contributed by atoms with Crippen molar-refractivity contribution in [3.63, 3.8) is 0 Å². The molecule has 0 unspecified atom stereocenters. The van der Waals surface area contributed by atoms with E-state index in [1.54, 1.807) is 12.3 Å². The van der Waals surface area contributed by atoms with Crippen LogP contribution in [0.25, 0.3) is 0 Å². The summed E-state index contributed by atoms with van der Waals surface area (Å²) in [5.74, 6) is 0.614. The molecule has 1 fully saturated rings. The molecule has 2 heterocycles. The van der Waals surface area contributed by atoms with Gasteiger partial charge in [0.1, 0.15) is 11.4 Å². The summed E-state index contributed by atoms with van der Waals surface area (Å²) < 4.78 is 8.15. The van der Waals surface area contributed by atoms with Crippen molar-refractivity contribution in [2.45, 2.75) is 57.2 Å². The standard InChI is InChI=1S/C21H26N4O3/c1-15-8-12-23-25(15)13-9-19(26)24-16-6-10-21(11-7-16)14-22-20(27)17-4-2-3-5-18(17)28-21/h2-5,8,12,16H,6-7,9-11,13-14H2,1H3,(H,22,27)(H,24,26). The van der Waals surface area contributed by atoms with E-state index in [-0.39, 0.29) is 17.9 Å². The van der Waals surface area contributed by atoms with E-state index in [9.17, 15) is 9.59 Å². The summed E-state index contributed by atoms with van der Waals surface area (Å²) in [4.78, 5) is 24.6. The largest absolute Gasteiger partial charge is 0.485 e. The average molecular weight is 382 g/mol. The number of rotatable bonds is 4. The number of nitrogens with one attached hydrogen (secondary N) is 2. The van der Waals surface area contributed by atoms with Crippen LogP contribution in [0, 0.1) is 6.92 Å². The Labute approximate surface area is 164 Å². The van der Waals surface area contributed by atoms with Crippen molar-refractivity contribution >= 4 is 11.8 Å². The molecule has 28 heavy (non-hydrogen) atoms. The third kappa shape index (κ3) is 3.88. The molecular formula is C21H26N4O3. The van der Waals surface area contributed by atoms with Crippen molar-refractivity contribution in [1.82, 2.24) is 20.4 Å². The lowest BCUT2D eigenvalue weighted by Gasteiger charge is -2.39. The number of para-hydroxylation sites is 1. The van der Waals surface area contributed by atoms with E-state index >= 15 is 0 Å². The lowest BCUT2D eigenvalue weighted by Crippen LogP contribution is -2.51. The molecule has 1 spiro atoms. The highest BCUT2D eigenvalue weighted by Gasteiger charge is 2.40. The molecule has 0 atom stereocenters. The minimum Gasteiger partial charge on any atom is -0.485 e. The summed E-state index contributed by atoms with van der Waals surface area (Å²) in [6, 6.07) is 9.45. The van der Waals surface area contributed by atoms with Crippen LogP contribution in [0.15, 0.2) is 36.5 Å². The molecule has 1 aromatic heterocycles. The molecule has 2 amide bonds. The fourth-order valence-electron chi connectivity index (χ4n) is 4.06. The predicted octanol–water partition coefficient (Wildman–Crippen LogP) is 2.20. The zero-order chi connectivity index (χ0) is 19.6. The van der Waals surface area contributed by atoms with Crippen molar-refractivity contribution in [3.8, 4) is 5.75 Å². The van der Waals surface area contributed by atoms with Crippen molar-refractivity contribution in [3.05, 3.63) is 47.8 Å². The molecule has 7 heteroatoms. The molecule has 148 valence electrons. The number of benzene rings is 1. The number of aryl methyl sites for hydroxylation is 2. The van der Waals surface area contributed by atoms with Gasteiger partial charge in [0, 0.05) is 30.9 Å². The Bertz CT molecular complexity index is 868. The first-order valence-electron chi connectivity index (χ1n) is 9.89. The summed E-state index contributed by atoms with van der Waals surface area (Å²) in [5.41, 5.74) is 1.25. The van der Waals surface area contributed by atoms with Gasteiger partial charge in [0.15, 0.2) is 0 Å². The Morgan fingerprint density at radius 1 is 1.32 bits per heavy atom. The fraction of sp³-hybridized carbons (Fsp3) is 0.476. The molecule has 2 N–H and O–H groups in total. The maximum Gasteiger partial charge on any atom is 0.255 e. The second-order valence-electron chi connectivity index (χ2n) is 7.75. The Morgan fingerprint density at radius 3 is 2.86 bits per heavy atom. The van der Waals surface area contributed by atoms with E-state index in [0.717, 1.165) is 31.4 Å². The van der Waals surface area contributed by atoms with E-state index in [4.69, 9.17) is 4.74 Å². The zero-order valence-electron chi connectivity index (χ0n) is 16.1. The molecule has 1 saturated carbocycles. The third-order valence-corrected chi connectivity index (χ3v) is 5.77. The maximum atomic E-state index is 12.3. The minimum atomic E-state index is -0.393. The molecule has 0 bridgehead atoms. The number of fused-ring (bicyclic) bond motifs is 1. The average Bonchev–Trinajstić information content (AvgIpc) is 3.05. The minimum absolute atomic E-state index is 0.0521. The van der Waals surface area contributed by atoms with Crippen molar-refractivity contribution in [2.75, 3.05) is 6.54 Å². The van der Waals surface area contributed by atoms with Crippen LogP contribution in [0.2, 0.25) is 0 Å². The molecule has 1 aliphatic heterocycles. The van der Waals surface area contributed by atoms with Crippen LogP contribution in [0.5, 0.6) is 5.75 Å². The van der Waals surface area contributed by atoms with Gasteiger partial charge in [-0.2, -0.15) is 5.10 Å². The first kappa shape index (κ1) is 18.5. The van der Waals surface area contributed by atoms with Gasteiger partial charge >= 0.3 is 0 Å². The quantitative estimate of drug-likeness (QED) is 0.849. The SMILES string of the molecule is Cc1ccnn1CCC(=O)NC1CCC2(CC1)CNC(=O)c1ccccc1O2. The van der Waals surface area contributed by atoms with Crippen LogP contribution < -0.4 is 15.4 Å². The Morgan fingerprint density at radius 2 is 2.11 bits per heavy atom. The second kappa shape index (κ2) is 7.66. The number of hydrogen-bond acceptors (Lipinski definition) is 4. The van der Waals surface area contributed by atoms with Gasteiger partial charge in [-0.25, -0.2) is 0 Å². The summed E-state index contributed by atoms with van der Waals surface area (Å²) in [6.45, 7) is 3.07. The molecular weight excluding hydrogens is 356 g/mol. The summed E-state index contributed by atoms with van der Waals surface area (Å²) >= 11 is 0. The molecule has 2 aliphatic rings. The van der Waals surface area contributed by atoms with Gasteiger partial charge in [0.25, 0.3) is 5.91 Å². The van der Waals surface area contributed by atoms with Crippen LogP contribution in [-0.2, 0) is 11.3 Å². The highest BCUT2D eigenvalue weighted by atomic mass is 16.5. The van der Waals surface area contributed by atoms with Crippen LogP contribution >= 0.6 is 0 Å². The van der Waals surface area contributed by atoms with Gasteiger partial charge in [-0.3, -0.25) is 14.3 Å². The van der Waals surface area contributed by atoms with Crippen LogP contribution in [-0.4, -0.2) is 39.8 Å². The van der Waals surface area contributed by atoms with E-state index < -0.39 is 5.60 Å². The summed E-state index contributed by atoms with van der Waals surface area (Å²) in [5, 5.41) is 10.4. The molecule has 4 rings (SSSR count). The number of hydrogen-bond donors (Lipinski definition) is 2. The van der Waals surface area contributed by atoms with Gasteiger partial charge in [-0.1, -0.05) is 12.1 Å². The fourth-order valence-corrected chi connectivity index (χ4v) is 4.06. The molecule has 1 aliphatic carbocycles. The Hall–Kier alpha value is -2.83. The van der Waals surface area contributed by atoms with Crippen LogP contribution in [0.1, 0.15) is 48.2 Å². The molecule has 7 nitrogen and oxygen atoms in total. The molecule has 1 aromatic carbocycles. The number of aromatic nitrogens is 2. The van der Waals surface area contributed by atoms with E-state index in [2.05, 4.69) is 15.7 Å². The number of ether oxygens (including phenoxy) is 1. The van der Waals surface area contributed by atoms with Gasteiger partial charge in [-0.05, 0) is 50.8 Å². The number of nitrogens with zero attached hydrogens (tertiary/aromatic N) is 2. The van der Waals surface area contributed by atoms with E-state index in [0.29, 0.717) is 30.8 Å². The van der Waals surface area contributed by atoms with Gasteiger partial charge < -0.3 is 15.4 Å². The van der Waals surface area contributed by atoms with Gasteiger partial charge in [0.05, 0.1) is 12.1 Å². The lowest BCUT2D eigenvalue weighted by atomic mass is 9.81. The highest BCUT2D eigenvalue weighted by molar-refractivity contribution is 5.97. The number of carbonyl (C=O) groups is 2. The topological polar surface area (TPSA) is 85.3 Å². The zero-order valence-corrected chi connectivity index (χ0v) is 16.1. The highest BCUT2D eigenvalue weighted by Crippen LogP contribution is 2.36. The number of amides is 2. The van der Waals surface area contributed by atoms with Gasteiger partial charge in [0.2, 0.25) is 5.91 Å². The molecule has 0 saturated heterocycles. The molecule has 2 aromatic rings. The third-order valence-electron chi connectivity index (χ3n) is 5.77. The van der Waals surface area contributed by atoms with Crippen LogP contribution in [0.3, 0.4) is 0 Å². The summed E-state index contributed by atoms with van der Waals surface area (Å²) in [7, 11) is 0. The summed E-state index contributed by atoms with van der Waals surface area (Å²) in [6.07, 6.45) is 5.44. The first-order chi connectivity index (χ1) is 13.5. The van der Waals surface area contributed by atoms with Crippen molar-refractivity contribution in [1.29, 1.82) is 0 Å². The first-order valence-corrected chi connectivity index (χ1v) is 9.89. The van der Waals surface area contributed by atoms with Gasteiger partial charge in [-0.15, -0.1) is 0 Å². The Kier molecular flexibility index (Phi) is 5.07. The second-order valence-corrected chi connectivity index (χ2v) is 7.75. The molecule has 0 radical (unpaired) electrons. The predicted molar refractivity (Wildman–Crippen MR) is 104 cm³/mol. The van der Waals surface area contributed by atoms with E-state index in [1.807, 2.05) is 35.9 Å². The maximum absolute atomic E-state index is 12.3. The van der Waals surface area contributed by atoms with E-state index in [1.165, 1.54) is 0 Å². The van der Waals surface area contributed by atoms with Crippen molar-refractivity contribution < 1.29 is 14.3 Å². The van der Waals surface area contributed by atoms with Crippen molar-refractivity contribution in [2.24, 2.45) is 0 Å². The Balaban J connectivity index is 1.31. The smallest absolute Gasteiger partial charge is 0.255 e.